The molecule has 0 radical (unpaired) electrons. The second kappa shape index (κ2) is 16.2. The standard InChI is InChI=1S/C47H86O4Si3/c1-19-36-27-29-39-38-28-26-37-34-47(51-53(17,18)43(10,11)12,48-33-25-31-46(20-2,21-3)50-54(22-4,23-5)24-6)35-41(49-52(15,16)42(7,8)9)45(37,14)40(38)30-32-44(36,39)13/h25-28,31,39-41H,19-24,29-30,32-35H2,1-18H3/t39-,40+,41-,44+,45-,47+/m0/s1. The van der Waals surface area contributed by atoms with Crippen LogP contribution in [-0.2, 0) is 18.0 Å². The van der Waals surface area contributed by atoms with Gasteiger partial charge in [-0.2, -0.15) is 0 Å². The number of hydrogen-bond donors (Lipinski definition) is 0. The third-order valence-electron chi connectivity index (χ3n) is 16.7. The van der Waals surface area contributed by atoms with Crippen molar-refractivity contribution < 1.29 is 18.0 Å². The van der Waals surface area contributed by atoms with Crippen LogP contribution in [0.25, 0.3) is 0 Å². The van der Waals surface area contributed by atoms with Crippen molar-refractivity contribution in [1.82, 2.24) is 0 Å². The van der Waals surface area contributed by atoms with Crippen LogP contribution in [0.2, 0.25) is 54.4 Å². The number of allylic oxidation sites excluding steroid dienone is 5. The monoisotopic (exact) mass is 799 g/mol. The van der Waals surface area contributed by atoms with Gasteiger partial charge in [0.25, 0.3) is 0 Å². The third kappa shape index (κ3) is 8.46. The first-order chi connectivity index (χ1) is 24.8. The molecule has 0 aromatic carbocycles. The summed E-state index contributed by atoms with van der Waals surface area (Å²) in [4.78, 5) is 0. The summed E-state index contributed by atoms with van der Waals surface area (Å²) >= 11 is 0. The topological polar surface area (TPSA) is 36.9 Å². The van der Waals surface area contributed by atoms with Crippen LogP contribution in [0.5, 0.6) is 0 Å². The van der Waals surface area contributed by atoms with Gasteiger partial charge in [0.1, 0.15) is 0 Å². The average Bonchev–Trinajstić information content (AvgIpc) is 3.44. The molecule has 0 aliphatic heterocycles. The minimum absolute atomic E-state index is 0.00388. The molecule has 2 saturated carbocycles. The summed E-state index contributed by atoms with van der Waals surface area (Å²) in [5, 5.41) is 0.143. The van der Waals surface area contributed by atoms with E-state index in [1.54, 1.807) is 11.1 Å². The van der Waals surface area contributed by atoms with E-state index in [1.807, 2.05) is 0 Å². The van der Waals surface area contributed by atoms with Gasteiger partial charge in [0.15, 0.2) is 30.7 Å². The Labute approximate surface area is 338 Å². The van der Waals surface area contributed by atoms with Gasteiger partial charge in [-0.15, -0.1) is 0 Å². The number of fused-ring (bicyclic) bond motifs is 5. The van der Waals surface area contributed by atoms with E-state index >= 15 is 0 Å². The van der Waals surface area contributed by atoms with Gasteiger partial charge in [-0.05, 0) is 110 Å². The molecule has 0 aromatic rings. The molecule has 7 heteroatoms. The highest BCUT2D eigenvalue weighted by Crippen LogP contribution is 2.66. The minimum atomic E-state index is -2.26. The van der Waals surface area contributed by atoms with E-state index in [9.17, 15) is 0 Å². The fourth-order valence-electron chi connectivity index (χ4n) is 10.3. The van der Waals surface area contributed by atoms with Crippen LogP contribution >= 0.6 is 0 Å². The maximum absolute atomic E-state index is 7.77. The number of rotatable bonds is 16. The summed E-state index contributed by atoms with van der Waals surface area (Å²) in [6.07, 6.45) is 20.6. The van der Waals surface area contributed by atoms with E-state index in [0.717, 1.165) is 43.8 Å². The molecule has 0 heterocycles. The SMILES string of the molecule is CCC1=CC[C@H]2C3=CC=C4C[C@@](OCC=CC(CC)(CC)O[Si](CC)(CC)CC)(O[Si](C)(C)C(C)(C)C)C[C@H](O[Si](C)(C)C(C)(C)C)[C@]4(C)[C@@H]3CC[C@]12C. The van der Waals surface area contributed by atoms with Crippen molar-refractivity contribution in [3.05, 3.63) is 47.1 Å². The molecule has 4 aliphatic rings. The van der Waals surface area contributed by atoms with Crippen LogP contribution < -0.4 is 0 Å². The van der Waals surface area contributed by atoms with Gasteiger partial charge in [-0.25, -0.2) is 0 Å². The summed E-state index contributed by atoms with van der Waals surface area (Å²) < 4.78 is 30.0. The number of ether oxygens (including phenoxy) is 1. The van der Waals surface area contributed by atoms with Crippen molar-refractivity contribution in [3.63, 3.8) is 0 Å². The third-order valence-corrected chi connectivity index (χ3v) is 30.3. The number of hydrogen-bond acceptors (Lipinski definition) is 4. The van der Waals surface area contributed by atoms with E-state index in [1.165, 1.54) is 31.3 Å². The molecule has 4 nitrogen and oxygen atoms in total. The molecular weight excluding hydrogens is 713 g/mol. The van der Waals surface area contributed by atoms with E-state index in [4.69, 9.17) is 18.0 Å². The zero-order valence-electron chi connectivity index (χ0n) is 38.7. The van der Waals surface area contributed by atoms with E-state index in [-0.39, 0.29) is 32.6 Å². The van der Waals surface area contributed by atoms with Gasteiger partial charge < -0.3 is 18.0 Å². The average molecular weight is 799 g/mol. The summed E-state index contributed by atoms with van der Waals surface area (Å²) in [6, 6.07) is 3.48. The first kappa shape index (κ1) is 46.1. The van der Waals surface area contributed by atoms with Crippen LogP contribution in [0.4, 0.5) is 0 Å². The zero-order valence-corrected chi connectivity index (χ0v) is 41.7. The predicted molar refractivity (Wildman–Crippen MR) is 241 cm³/mol. The molecule has 0 saturated heterocycles. The lowest BCUT2D eigenvalue weighted by Gasteiger charge is -2.61. The zero-order chi connectivity index (χ0) is 40.8. The molecule has 4 rings (SSSR count). The van der Waals surface area contributed by atoms with Gasteiger partial charge in [0.2, 0.25) is 0 Å². The lowest BCUT2D eigenvalue weighted by atomic mass is 9.49. The molecule has 4 aliphatic carbocycles. The molecular formula is C47H86O4Si3. The summed E-state index contributed by atoms with van der Waals surface area (Å²) in [6.45, 7) is 43.5. The molecule has 2 fully saturated rings. The molecule has 6 atom stereocenters. The normalized spacial score (nSPS) is 31.1. The van der Waals surface area contributed by atoms with Crippen molar-refractivity contribution in [2.45, 2.75) is 220 Å². The Morgan fingerprint density at radius 2 is 1.41 bits per heavy atom. The Balaban J connectivity index is 1.82. The van der Waals surface area contributed by atoms with Crippen LogP contribution in [-0.4, -0.2) is 49.1 Å². The maximum Gasteiger partial charge on any atom is 0.195 e. The lowest BCUT2D eigenvalue weighted by molar-refractivity contribution is -0.225. The molecule has 0 spiro atoms. The Hall–Kier alpha value is -0.549. The molecule has 0 unspecified atom stereocenters. The highest BCUT2D eigenvalue weighted by Gasteiger charge is 2.62. The fourth-order valence-corrected chi connectivity index (χ4v) is 16.3. The van der Waals surface area contributed by atoms with E-state index < -0.39 is 30.7 Å². The summed E-state index contributed by atoms with van der Waals surface area (Å²) in [5.74, 6) is 0.314. The molecule has 0 N–H and O–H groups in total. The van der Waals surface area contributed by atoms with Crippen molar-refractivity contribution in [2.24, 2.45) is 22.7 Å². The highest BCUT2D eigenvalue weighted by atomic mass is 28.4. The fraction of sp³-hybridized carbons (Fsp3) is 0.830. The first-order valence-electron chi connectivity index (χ1n) is 22.3. The van der Waals surface area contributed by atoms with Crippen molar-refractivity contribution in [3.8, 4) is 0 Å². The molecule has 0 amide bonds. The molecule has 54 heavy (non-hydrogen) atoms. The van der Waals surface area contributed by atoms with Crippen LogP contribution in [0.15, 0.2) is 47.1 Å². The second-order valence-corrected chi connectivity index (χ2v) is 35.5. The first-order valence-corrected chi connectivity index (χ1v) is 30.7. The van der Waals surface area contributed by atoms with Gasteiger partial charge in [0, 0.05) is 18.3 Å². The van der Waals surface area contributed by atoms with E-state index in [0.29, 0.717) is 18.4 Å². The van der Waals surface area contributed by atoms with Gasteiger partial charge in [0.05, 0.1) is 18.3 Å². The Morgan fingerprint density at radius 1 is 0.815 bits per heavy atom. The minimum Gasteiger partial charge on any atom is -0.413 e. The summed E-state index contributed by atoms with van der Waals surface area (Å²) in [5.41, 5.74) is 4.78. The highest BCUT2D eigenvalue weighted by molar-refractivity contribution is 6.74. The van der Waals surface area contributed by atoms with Gasteiger partial charge in [-0.3, -0.25) is 0 Å². The maximum atomic E-state index is 7.77. The Morgan fingerprint density at radius 3 is 1.93 bits per heavy atom. The molecule has 0 bridgehead atoms. The predicted octanol–water partition coefficient (Wildman–Crippen LogP) is 14.7. The van der Waals surface area contributed by atoms with Crippen molar-refractivity contribution in [2.75, 3.05) is 6.61 Å². The van der Waals surface area contributed by atoms with Crippen LogP contribution in [0.3, 0.4) is 0 Å². The van der Waals surface area contributed by atoms with Gasteiger partial charge >= 0.3 is 0 Å². The second-order valence-electron chi connectivity index (χ2n) is 21.4. The van der Waals surface area contributed by atoms with Crippen LogP contribution in [0.1, 0.15) is 148 Å². The Bertz CT molecular complexity index is 1430. The van der Waals surface area contributed by atoms with Crippen molar-refractivity contribution >= 4 is 25.0 Å². The quantitative estimate of drug-likeness (QED) is 0.0885. The largest absolute Gasteiger partial charge is 0.413 e. The lowest BCUT2D eigenvalue weighted by Crippen LogP contribution is -2.62. The Kier molecular flexibility index (Phi) is 13.9. The van der Waals surface area contributed by atoms with Gasteiger partial charge in [-0.1, -0.05) is 144 Å². The smallest absolute Gasteiger partial charge is 0.195 e. The summed E-state index contributed by atoms with van der Waals surface area (Å²) in [7, 11) is -6.25. The van der Waals surface area contributed by atoms with Crippen molar-refractivity contribution in [1.29, 1.82) is 0 Å². The van der Waals surface area contributed by atoms with Crippen LogP contribution in [0, 0.1) is 22.7 Å². The van der Waals surface area contributed by atoms with E-state index in [2.05, 4.69) is 154 Å². The molecule has 310 valence electrons. The molecule has 0 aromatic heterocycles.